The van der Waals surface area contributed by atoms with Gasteiger partial charge in [-0.05, 0) is 0 Å². The fourth-order valence-electron chi connectivity index (χ4n) is 1.72. The summed E-state index contributed by atoms with van der Waals surface area (Å²) >= 11 is 3.00. The first-order chi connectivity index (χ1) is 7.24. The van der Waals surface area contributed by atoms with E-state index in [1.54, 1.807) is 0 Å². The molecule has 0 aromatic heterocycles. The van der Waals surface area contributed by atoms with Crippen LogP contribution >= 0.6 is 20.3 Å². The van der Waals surface area contributed by atoms with Gasteiger partial charge in [-0.2, -0.15) is 0 Å². The summed E-state index contributed by atoms with van der Waals surface area (Å²) in [7, 11) is 4.21. The Morgan fingerprint density at radius 1 is 1.07 bits per heavy atom. The third kappa shape index (κ3) is 2.14. The molecule has 0 aliphatic rings. The van der Waals surface area contributed by atoms with Crippen molar-refractivity contribution in [2.45, 2.75) is 0 Å². The first kappa shape index (κ1) is 11.2. The zero-order chi connectivity index (χ0) is 10.8. The molecule has 0 saturated carbocycles. The van der Waals surface area contributed by atoms with E-state index in [4.69, 9.17) is 0 Å². The predicted octanol–water partition coefficient (Wildman–Crippen LogP) is 2.59. The quantitative estimate of drug-likeness (QED) is 0.576. The van der Waals surface area contributed by atoms with Crippen molar-refractivity contribution in [2.75, 3.05) is 19.0 Å². The van der Waals surface area contributed by atoms with E-state index < -0.39 is 0 Å². The molecule has 0 atom stereocenters. The zero-order valence-corrected chi connectivity index (χ0v) is 12.6. The van der Waals surface area contributed by atoms with Crippen molar-refractivity contribution >= 4 is 53.0 Å². The Bertz CT molecular complexity index is 477. The second-order valence-electron chi connectivity index (χ2n) is 3.60. The average Bonchev–Trinajstić information content (AvgIpc) is 2.27. The van der Waals surface area contributed by atoms with Gasteiger partial charge in [-0.25, -0.2) is 0 Å². The van der Waals surface area contributed by atoms with Crippen molar-refractivity contribution in [3.63, 3.8) is 0 Å². The second-order valence-corrected chi connectivity index (χ2v) is 7.14. The third-order valence-electron chi connectivity index (χ3n) is 2.41. The molecule has 0 spiro atoms. The molecule has 2 aromatic rings. The standard InChI is InChI=1S/C12H12INSe/c1-14(2)10-7-3-5-9-6-4-8-11(15-13)12(9)10/h3-8H,1-2H3. The summed E-state index contributed by atoms with van der Waals surface area (Å²) < 4.78 is 1.48. The van der Waals surface area contributed by atoms with Crippen LogP contribution in [0.4, 0.5) is 5.69 Å². The summed E-state index contributed by atoms with van der Waals surface area (Å²) in [6.07, 6.45) is 0. The van der Waals surface area contributed by atoms with Crippen LogP contribution in [-0.4, -0.2) is 25.8 Å². The molecule has 78 valence electrons. The molecule has 0 fully saturated rings. The van der Waals surface area contributed by atoms with Crippen molar-refractivity contribution in [2.24, 2.45) is 0 Å². The molecule has 1 nitrogen and oxygen atoms in total. The third-order valence-corrected chi connectivity index (χ3v) is 5.94. The fourth-order valence-corrected chi connectivity index (χ4v) is 4.53. The molecule has 15 heavy (non-hydrogen) atoms. The van der Waals surface area contributed by atoms with Crippen molar-refractivity contribution in [1.82, 2.24) is 0 Å². The van der Waals surface area contributed by atoms with Gasteiger partial charge in [-0.3, -0.25) is 0 Å². The Morgan fingerprint density at radius 3 is 2.33 bits per heavy atom. The van der Waals surface area contributed by atoms with E-state index in [2.05, 4.69) is 75.7 Å². The Morgan fingerprint density at radius 2 is 1.73 bits per heavy atom. The number of hydrogen-bond donors (Lipinski definition) is 0. The second kappa shape index (κ2) is 4.72. The van der Waals surface area contributed by atoms with Crippen molar-refractivity contribution < 1.29 is 0 Å². The predicted molar refractivity (Wildman–Crippen MR) is 77.7 cm³/mol. The number of hydrogen-bond acceptors (Lipinski definition) is 1. The van der Waals surface area contributed by atoms with Crippen LogP contribution in [0, 0.1) is 0 Å². The molecule has 2 rings (SSSR count). The molecule has 0 aliphatic heterocycles. The van der Waals surface area contributed by atoms with Gasteiger partial charge < -0.3 is 0 Å². The molecular weight excluding hydrogens is 364 g/mol. The van der Waals surface area contributed by atoms with Crippen LogP contribution in [0.5, 0.6) is 0 Å². The maximum absolute atomic E-state index is 2.49. The van der Waals surface area contributed by atoms with Crippen molar-refractivity contribution in [1.29, 1.82) is 0 Å². The summed E-state index contributed by atoms with van der Waals surface area (Å²) in [5.74, 6) is 0. The van der Waals surface area contributed by atoms with Gasteiger partial charge in [-0.1, -0.05) is 0 Å². The maximum atomic E-state index is 2.49. The van der Waals surface area contributed by atoms with E-state index in [1.165, 1.54) is 20.9 Å². The molecule has 0 heterocycles. The summed E-state index contributed by atoms with van der Waals surface area (Å²) in [5.41, 5.74) is 1.32. The van der Waals surface area contributed by atoms with Gasteiger partial charge in [0, 0.05) is 0 Å². The van der Waals surface area contributed by atoms with Gasteiger partial charge in [0.15, 0.2) is 0 Å². The molecule has 0 N–H and O–H groups in total. The van der Waals surface area contributed by atoms with Gasteiger partial charge in [0.05, 0.1) is 0 Å². The Hall–Kier alpha value is -0.251. The van der Waals surface area contributed by atoms with Gasteiger partial charge in [0.25, 0.3) is 0 Å². The minimum absolute atomic E-state index is 0.517. The van der Waals surface area contributed by atoms with Gasteiger partial charge >= 0.3 is 108 Å². The van der Waals surface area contributed by atoms with Crippen LogP contribution in [0.3, 0.4) is 0 Å². The topological polar surface area (TPSA) is 3.24 Å². The summed E-state index contributed by atoms with van der Waals surface area (Å²) in [4.78, 5) is 2.19. The van der Waals surface area contributed by atoms with Gasteiger partial charge in [0.1, 0.15) is 0 Å². The van der Waals surface area contributed by atoms with E-state index in [9.17, 15) is 0 Å². The summed E-state index contributed by atoms with van der Waals surface area (Å²) in [5, 5.41) is 2.76. The molecule has 2 aromatic carbocycles. The van der Waals surface area contributed by atoms with Crippen LogP contribution in [0.1, 0.15) is 0 Å². The van der Waals surface area contributed by atoms with E-state index >= 15 is 0 Å². The Labute approximate surface area is 108 Å². The number of benzene rings is 2. The van der Waals surface area contributed by atoms with Gasteiger partial charge in [-0.15, -0.1) is 0 Å². The SMILES string of the molecule is CN(C)c1cccc2cccc([Se]I)c12. The Balaban J connectivity index is 2.81. The number of halogens is 1. The zero-order valence-electron chi connectivity index (χ0n) is 8.70. The first-order valence-corrected chi connectivity index (χ1v) is 10.8. The van der Waals surface area contributed by atoms with Crippen LogP contribution in [0.15, 0.2) is 36.4 Å². The molecule has 3 heteroatoms. The summed E-state index contributed by atoms with van der Waals surface area (Å²) in [6, 6.07) is 13.1. The average molecular weight is 376 g/mol. The number of fused-ring (bicyclic) bond motifs is 1. The van der Waals surface area contributed by atoms with Gasteiger partial charge in [0.2, 0.25) is 0 Å². The van der Waals surface area contributed by atoms with Crippen molar-refractivity contribution in [3.8, 4) is 0 Å². The van der Waals surface area contributed by atoms with E-state index in [1.807, 2.05) is 0 Å². The van der Waals surface area contributed by atoms with E-state index in [0.29, 0.717) is 11.7 Å². The molecule has 0 bridgehead atoms. The fraction of sp³-hybridized carbons (Fsp3) is 0.167. The van der Waals surface area contributed by atoms with Crippen LogP contribution in [0.2, 0.25) is 0 Å². The molecule has 0 radical (unpaired) electrons. The molecule has 0 unspecified atom stereocenters. The van der Waals surface area contributed by atoms with E-state index in [0.717, 1.165) is 0 Å². The molecule has 0 amide bonds. The minimum atomic E-state index is 0.517. The number of rotatable bonds is 2. The number of nitrogens with zero attached hydrogens (tertiary/aromatic N) is 1. The molecule has 0 saturated heterocycles. The molecular formula is C12H12INSe. The van der Waals surface area contributed by atoms with Crippen LogP contribution in [0.25, 0.3) is 10.8 Å². The van der Waals surface area contributed by atoms with Crippen LogP contribution in [-0.2, 0) is 0 Å². The van der Waals surface area contributed by atoms with Crippen LogP contribution < -0.4 is 9.36 Å². The normalized spacial score (nSPS) is 10.6. The number of anilines is 1. The van der Waals surface area contributed by atoms with E-state index in [-0.39, 0.29) is 0 Å². The molecule has 0 aliphatic carbocycles. The monoisotopic (exact) mass is 377 g/mol. The van der Waals surface area contributed by atoms with Crippen molar-refractivity contribution in [3.05, 3.63) is 36.4 Å². The summed E-state index contributed by atoms with van der Waals surface area (Å²) in [6.45, 7) is 0. The Kier molecular flexibility index (Phi) is 3.54. The first-order valence-electron chi connectivity index (χ1n) is 4.71.